The van der Waals surface area contributed by atoms with Crippen LogP contribution >= 0.6 is 0 Å². The van der Waals surface area contributed by atoms with Crippen LogP contribution < -0.4 is 0 Å². The molecule has 0 aromatic carbocycles. The van der Waals surface area contributed by atoms with Gasteiger partial charge < -0.3 is 9.52 Å². The molecule has 1 aromatic rings. The van der Waals surface area contributed by atoms with E-state index >= 15 is 0 Å². The van der Waals surface area contributed by atoms with Gasteiger partial charge in [-0.25, -0.2) is 0 Å². The zero-order valence-electron chi connectivity index (χ0n) is 14.5. The van der Waals surface area contributed by atoms with Gasteiger partial charge in [0.1, 0.15) is 5.76 Å². The van der Waals surface area contributed by atoms with Crippen LogP contribution in [0.25, 0.3) is 0 Å². The van der Waals surface area contributed by atoms with Gasteiger partial charge in [0.2, 0.25) is 0 Å². The summed E-state index contributed by atoms with van der Waals surface area (Å²) < 4.78 is 5.65. The number of carboxylic acids is 1. The van der Waals surface area contributed by atoms with E-state index in [0.717, 1.165) is 36.2 Å². The van der Waals surface area contributed by atoms with Crippen LogP contribution in [0.1, 0.15) is 50.9 Å². The van der Waals surface area contributed by atoms with Gasteiger partial charge in [-0.05, 0) is 62.0 Å². The van der Waals surface area contributed by atoms with Crippen molar-refractivity contribution in [2.45, 2.75) is 52.9 Å². The molecule has 1 aromatic heterocycles. The van der Waals surface area contributed by atoms with Crippen LogP contribution in [0.4, 0.5) is 0 Å². The van der Waals surface area contributed by atoms with Crippen LogP contribution in [0.2, 0.25) is 0 Å². The molecule has 1 heterocycles. The van der Waals surface area contributed by atoms with Crippen molar-refractivity contribution in [1.29, 1.82) is 0 Å². The highest BCUT2D eigenvalue weighted by Gasteiger charge is 2.46. The van der Waals surface area contributed by atoms with E-state index in [1.165, 1.54) is 5.57 Å². The largest absolute Gasteiger partial charge is 0.481 e. The van der Waals surface area contributed by atoms with E-state index in [2.05, 4.69) is 33.9 Å². The molecule has 1 fully saturated rings. The molecule has 3 unspecified atom stereocenters. The van der Waals surface area contributed by atoms with Gasteiger partial charge in [0.15, 0.2) is 0 Å². The second kappa shape index (κ2) is 6.77. The second-order valence-electron chi connectivity index (χ2n) is 7.28. The molecule has 3 nitrogen and oxygen atoms in total. The van der Waals surface area contributed by atoms with Gasteiger partial charge in [0, 0.05) is 12.8 Å². The van der Waals surface area contributed by atoms with Crippen molar-refractivity contribution in [1.82, 2.24) is 0 Å². The summed E-state index contributed by atoms with van der Waals surface area (Å²) >= 11 is 0. The van der Waals surface area contributed by atoms with Crippen LogP contribution in [-0.2, 0) is 11.2 Å². The summed E-state index contributed by atoms with van der Waals surface area (Å²) in [5.41, 5.74) is 3.37. The first-order chi connectivity index (χ1) is 10.8. The van der Waals surface area contributed by atoms with E-state index in [-0.39, 0.29) is 17.8 Å². The van der Waals surface area contributed by atoms with E-state index in [1.54, 1.807) is 6.26 Å². The van der Waals surface area contributed by atoms with E-state index < -0.39 is 5.97 Å². The average Bonchev–Trinajstić information content (AvgIpc) is 2.86. The maximum atomic E-state index is 11.2. The van der Waals surface area contributed by atoms with Gasteiger partial charge in [-0.2, -0.15) is 0 Å². The Kier molecular flexibility index (Phi) is 5.18. The molecule has 1 aliphatic carbocycles. The van der Waals surface area contributed by atoms with Gasteiger partial charge in [0.05, 0.1) is 6.26 Å². The number of aliphatic carboxylic acids is 1. The molecule has 3 atom stereocenters. The zero-order chi connectivity index (χ0) is 17.2. The normalized spacial score (nSPS) is 27.9. The molecule has 0 amide bonds. The molecule has 3 heteroatoms. The van der Waals surface area contributed by atoms with Crippen molar-refractivity contribution in [3.63, 3.8) is 0 Å². The zero-order valence-corrected chi connectivity index (χ0v) is 14.5. The van der Waals surface area contributed by atoms with Crippen LogP contribution in [0, 0.1) is 24.2 Å². The lowest BCUT2D eigenvalue weighted by Gasteiger charge is -2.49. The third kappa shape index (κ3) is 3.60. The molecule has 1 N–H and O–H groups in total. The van der Waals surface area contributed by atoms with Crippen molar-refractivity contribution >= 4 is 5.97 Å². The summed E-state index contributed by atoms with van der Waals surface area (Å²) in [4.78, 5) is 11.2. The third-order valence-electron chi connectivity index (χ3n) is 5.67. The molecule has 0 bridgehead atoms. The van der Waals surface area contributed by atoms with Crippen LogP contribution in [0.15, 0.2) is 41.1 Å². The van der Waals surface area contributed by atoms with E-state index in [9.17, 15) is 9.90 Å². The molecule has 2 rings (SSSR count). The van der Waals surface area contributed by atoms with Gasteiger partial charge >= 0.3 is 5.97 Å². The summed E-state index contributed by atoms with van der Waals surface area (Å²) in [6.07, 6.45) is 5.33. The lowest BCUT2D eigenvalue weighted by molar-refractivity contribution is -0.138. The Morgan fingerprint density at radius 1 is 1.52 bits per heavy atom. The summed E-state index contributed by atoms with van der Waals surface area (Å²) in [6, 6.07) is 1.98. The van der Waals surface area contributed by atoms with Gasteiger partial charge in [-0.3, -0.25) is 4.79 Å². The Labute approximate surface area is 139 Å². The van der Waals surface area contributed by atoms with E-state index in [4.69, 9.17) is 4.42 Å². The molecule has 0 aliphatic heterocycles. The SMILES string of the molecule is C=C(C)C1CCC(=C)C(Cc2occc2C)C1(C)CCC(=O)O. The summed E-state index contributed by atoms with van der Waals surface area (Å²) in [5, 5.41) is 9.17. The topological polar surface area (TPSA) is 50.4 Å². The average molecular weight is 316 g/mol. The molecular weight excluding hydrogens is 288 g/mol. The minimum absolute atomic E-state index is 0.140. The summed E-state index contributed by atoms with van der Waals surface area (Å²) in [5.74, 6) is 0.797. The highest BCUT2D eigenvalue weighted by molar-refractivity contribution is 5.66. The summed E-state index contributed by atoms with van der Waals surface area (Å²) in [6.45, 7) is 14.8. The monoisotopic (exact) mass is 316 g/mol. The van der Waals surface area contributed by atoms with Gasteiger partial charge in [0.25, 0.3) is 0 Å². The van der Waals surface area contributed by atoms with Crippen molar-refractivity contribution in [2.24, 2.45) is 17.3 Å². The standard InChI is InChI=1S/C20H28O3/c1-13(2)16-7-6-14(3)17(12-18-15(4)9-11-23-18)20(16,5)10-8-19(21)22/h9,11,16-17H,1,3,6-8,10,12H2,2,4-5H3,(H,21,22). The predicted octanol–water partition coefficient (Wildman–Crippen LogP) is 5.16. The molecule has 0 saturated heterocycles. The maximum Gasteiger partial charge on any atom is 0.303 e. The molecule has 1 aliphatic rings. The number of hydrogen-bond donors (Lipinski definition) is 1. The highest BCUT2D eigenvalue weighted by Crippen LogP contribution is 2.53. The van der Waals surface area contributed by atoms with Crippen molar-refractivity contribution < 1.29 is 14.3 Å². The summed E-state index contributed by atoms with van der Waals surface area (Å²) in [7, 11) is 0. The Hall–Kier alpha value is -1.77. The third-order valence-corrected chi connectivity index (χ3v) is 5.67. The Balaban J connectivity index is 2.35. The second-order valence-corrected chi connectivity index (χ2v) is 7.28. The number of aryl methyl sites for hydroxylation is 1. The molecule has 0 radical (unpaired) electrons. The lowest BCUT2D eigenvalue weighted by atomic mass is 9.55. The minimum Gasteiger partial charge on any atom is -0.481 e. The first-order valence-corrected chi connectivity index (χ1v) is 8.33. The van der Waals surface area contributed by atoms with Crippen LogP contribution in [-0.4, -0.2) is 11.1 Å². The van der Waals surface area contributed by atoms with Gasteiger partial charge in [-0.1, -0.05) is 31.2 Å². The fourth-order valence-corrected chi connectivity index (χ4v) is 4.25. The fraction of sp³-hybridized carbons (Fsp3) is 0.550. The van der Waals surface area contributed by atoms with Crippen molar-refractivity contribution in [3.8, 4) is 0 Å². The number of carbonyl (C=O) groups is 1. The molecule has 23 heavy (non-hydrogen) atoms. The number of allylic oxidation sites excluding steroid dienone is 2. The van der Waals surface area contributed by atoms with Crippen LogP contribution in [0.3, 0.4) is 0 Å². The molecule has 126 valence electrons. The van der Waals surface area contributed by atoms with Gasteiger partial charge in [-0.15, -0.1) is 0 Å². The van der Waals surface area contributed by atoms with Crippen molar-refractivity contribution in [2.75, 3.05) is 0 Å². The Morgan fingerprint density at radius 3 is 2.74 bits per heavy atom. The molecule has 0 spiro atoms. The predicted molar refractivity (Wildman–Crippen MR) is 92.3 cm³/mol. The van der Waals surface area contributed by atoms with Crippen LogP contribution in [0.5, 0.6) is 0 Å². The van der Waals surface area contributed by atoms with E-state index in [1.807, 2.05) is 6.07 Å². The Morgan fingerprint density at radius 2 is 2.22 bits per heavy atom. The number of hydrogen-bond acceptors (Lipinski definition) is 2. The molecule has 1 saturated carbocycles. The number of rotatable bonds is 6. The number of furan rings is 1. The highest BCUT2D eigenvalue weighted by atomic mass is 16.4. The first kappa shape index (κ1) is 17.6. The minimum atomic E-state index is -0.740. The quantitative estimate of drug-likeness (QED) is 0.737. The smallest absolute Gasteiger partial charge is 0.303 e. The maximum absolute atomic E-state index is 11.2. The number of carboxylic acid groups (broad SMARTS) is 1. The van der Waals surface area contributed by atoms with Crippen molar-refractivity contribution in [3.05, 3.63) is 48.0 Å². The lowest BCUT2D eigenvalue weighted by Crippen LogP contribution is -2.42. The van der Waals surface area contributed by atoms with E-state index in [0.29, 0.717) is 12.3 Å². The Bertz CT molecular complexity index is 610. The first-order valence-electron chi connectivity index (χ1n) is 8.33. The molecular formula is C20H28O3. The fourth-order valence-electron chi connectivity index (χ4n) is 4.25.